The maximum atomic E-state index is 10.7. The molecule has 1 unspecified atom stereocenters. The molecule has 5 heteroatoms. The molecule has 0 aliphatic carbocycles. The average Bonchev–Trinajstić information content (AvgIpc) is 2.84. The highest BCUT2D eigenvalue weighted by Crippen LogP contribution is 2.26. The van der Waals surface area contributed by atoms with Crippen molar-refractivity contribution < 1.29 is 9.84 Å². The predicted molar refractivity (Wildman–Crippen MR) is 142 cm³/mol. The molecule has 4 aromatic rings. The van der Waals surface area contributed by atoms with Crippen molar-refractivity contribution in [3.8, 4) is 11.8 Å². The summed E-state index contributed by atoms with van der Waals surface area (Å²) in [5, 5.41) is 15.0. The number of fused-ring (bicyclic) bond motifs is 1. The van der Waals surface area contributed by atoms with E-state index in [4.69, 9.17) is 4.74 Å². The molecule has 1 aromatic heterocycles. The molecule has 178 valence electrons. The molecular formula is C30H31N3O2. The van der Waals surface area contributed by atoms with Gasteiger partial charge in [-0.15, -0.1) is 0 Å². The highest BCUT2D eigenvalue weighted by atomic mass is 16.5. The zero-order valence-corrected chi connectivity index (χ0v) is 20.7. The number of ether oxygens (including phenoxy) is 1. The summed E-state index contributed by atoms with van der Waals surface area (Å²) in [5.41, 5.74) is 3.44. The van der Waals surface area contributed by atoms with Crippen molar-refractivity contribution in [2.45, 2.75) is 44.8 Å². The lowest BCUT2D eigenvalue weighted by Crippen LogP contribution is -2.35. The highest BCUT2D eigenvalue weighted by Gasteiger charge is 2.28. The SMILES string of the molecule is COC(C)(C)CC(C)(O)C#Cc1ccc2ncnc(Nc3ccc(Cc4ccccc4)cc3)c2c1. The summed E-state index contributed by atoms with van der Waals surface area (Å²) in [7, 11) is 1.64. The standard InChI is InChI=1S/C30H31N3O2/c1-29(2,35-4)20-30(3,34)17-16-24-12-15-27-26(19-24)28(32-21-31-27)33-25-13-10-23(11-14-25)18-22-8-6-5-7-9-22/h5-15,19,21,34H,18,20H2,1-4H3,(H,31,32,33). The maximum absolute atomic E-state index is 10.7. The number of methoxy groups -OCH3 is 1. The molecule has 0 aliphatic rings. The zero-order valence-electron chi connectivity index (χ0n) is 20.7. The van der Waals surface area contributed by atoms with E-state index in [1.165, 1.54) is 11.1 Å². The van der Waals surface area contributed by atoms with Gasteiger partial charge in [0.25, 0.3) is 0 Å². The summed E-state index contributed by atoms with van der Waals surface area (Å²) in [4.78, 5) is 8.85. The Balaban J connectivity index is 1.54. The summed E-state index contributed by atoms with van der Waals surface area (Å²) in [5.74, 6) is 6.81. The second kappa shape index (κ2) is 10.3. The van der Waals surface area contributed by atoms with Gasteiger partial charge in [0.05, 0.1) is 11.1 Å². The summed E-state index contributed by atoms with van der Waals surface area (Å²) >= 11 is 0. The van der Waals surface area contributed by atoms with Crippen molar-refractivity contribution in [2.24, 2.45) is 0 Å². The number of anilines is 2. The van der Waals surface area contributed by atoms with Crippen molar-refractivity contribution in [1.29, 1.82) is 0 Å². The molecule has 1 atom stereocenters. The first-order valence-corrected chi connectivity index (χ1v) is 11.7. The van der Waals surface area contributed by atoms with E-state index in [1.54, 1.807) is 20.4 Å². The van der Waals surface area contributed by atoms with Crippen LogP contribution in [0, 0.1) is 11.8 Å². The van der Waals surface area contributed by atoms with Crippen LogP contribution in [0.2, 0.25) is 0 Å². The lowest BCUT2D eigenvalue weighted by Gasteiger charge is -2.29. The molecule has 0 radical (unpaired) electrons. The molecule has 0 spiro atoms. The number of rotatable bonds is 7. The van der Waals surface area contributed by atoms with Crippen LogP contribution in [0.15, 0.2) is 79.1 Å². The molecule has 0 aliphatic heterocycles. The third-order valence-corrected chi connectivity index (χ3v) is 5.90. The Morgan fingerprint density at radius 3 is 2.34 bits per heavy atom. The quantitative estimate of drug-likeness (QED) is 0.334. The van der Waals surface area contributed by atoms with Gasteiger partial charge in [-0.25, -0.2) is 9.97 Å². The molecule has 0 saturated carbocycles. The Bertz CT molecular complexity index is 1350. The van der Waals surface area contributed by atoms with Crippen molar-refractivity contribution >= 4 is 22.4 Å². The molecule has 0 saturated heterocycles. The lowest BCUT2D eigenvalue weighted by atomic mass is 9.91. The highest BCUT2D eigenvalue weighted by molar-refractivity contribution is 5.91. The van der Waals surface area contributed by atoms with Crippen LogP contribution >= 0.6 is 0 Å². The molecule has 0 bridgehead atoms. The number of nitrogens with one attached hydrogen (secondary N) is 1. The fourth-order valence-electron chi connectivity index (χ4n) is 4.06. The number of nitrogens with zero attached hydrogens (tertiary/aromatic N) is 2. The van der Waals surface area contributed by atoms with E-state index < -0.39 is 11.2 Å². The van der Waals surface area contributed by atoms with Crippen molar-refractivity contribution in [3.05, 3.63) is 95.8 Å². The fourth-order valence-corrected chi connectivity index (χ4v) is 4.06. The van der Waals surface area contributed by atoms with Gasteiger partial charge in [0, 0.05) is 30.2 Å². The number of aliphatic hydroxyl groups is 1. The minimum absolute atomic E-state index is 0.396. The van der Waals surface area contributed by atoms with Gasteiger partial charge >= 0.3 is 0 Å². The van der Waals surface area contributed by atoms with E-state index in [0.29, 0.717) is 12.2 Å². The normalized spacial score (nSPS) is 13.1. The van der Waals surface area contributed by atoms with Crippen LogP contribution in [0.25, 0.3) is 10.9 Å². The number of benzene rings is 3. The lowest BCUT2D eigenvalue weighted by molar-refractivity contribution is -0.0355. The predicted octanol–water partition coefficient (Wildman–Crippen LogP) is 5.88. The molecule has 35 heavy (non-hydrogen) atoms. The number of hydrogen-bond acceptors (Lipinski definition) is 5. The summed E-state index contributed by atoms with van der Waals surface area (Å²) in [6, 6.07) is 24.6. The largest absolute Gasteiger partial charge is 0.379 e. The van der Waals surface area contributed by atoms with Gasteiger partial charge in [-0.3, -0.25) is 0 Å². The Hall–Kier alpha value is -3.72. The van der Waals surface area contributed by atoms with Gasteiger partial charge in [0.15, 0.2) is 0 Å². The molecule has 5 nitrogen and oxygen atoms in total. The van der Waals surface area contributed by atoms with E-state index in [1.807, 2.05) is 38.1 Å². The summed E-state index contributed by atoms with van der Waals surface area (Å²) < 4.78 is 5.44. The minimum Gasteiger partial charge on any atom is -0.379 e. The Morgan fingerprint density at radius 1 is 0.914 bits per heavy atom. The maximum Gasteiger partial charge on any atom is 0.141 e. The van der Waals surface area contributed by atoms with Crippen molar-refractivity contribution in [3.63, 3.8) is 0 Å². The summed E-state index contributed by atoms with van der Waals surface area (Å²) in [6.45, 7) is 5.57. The van der Waals surface area contributed by atoms with Crippen molar-refractivity contribution in [2.75, 3.05) is 12.4 Å². The second-order valence-corrected chi connectivity index (χ2v) is 9.60. The van der Waals surface area contributed by atoms with Gasteiger partial charge in [-0.05, 0) is 68.7 Å². The van der Waals surface area contributed by atoms with Crippen LogP contribution in [-0.2, 0) is 11.2 Å². The first-order valence-electron chi connectivity index (χ1n) is 11.7. The topological polar surface area (TPSA) is 67.3 Å². The van der Waals surface area contributed by atoms with E-state index in [2.05, 4.69) is 75.7 Å². The number of aromatic nitrogens is 2. The van der Waals surface area contributed by atoms with E-state index in [9.17, 15) is 5.11 Å². The van der Waals surface area contributed by atoms with Crippen LogP contribution in [0.4, 0.5) is 11.5 Å². The van der Waals surface area contributed by atoms with Crippen LogP contribution in [0.1, 0.15) is 43.9 Å². The van der Waals surface area contributed by atoms with E-state index >= 15 is 0 Å². The van der Waals surface area contributed by atoms with Crippen LogP contribution < -0.4 is 5.32 Å². The molecule has 3 aromatic carbocycles. The molecule has 4 rings (SSSR count). The van der Waals surface area contributed by atoms with Crippen LogP contribution in [-0.4, -0.2) is 33.4 Å². The molecule has 2 N–H and O–H groups in total. The van der Waals surface area contributed by atoms with Crippen LogP contribution in [0.3, 0.4) is 0 Å². The van der Waals surface area contributed by atoms with Gasteiger partial charge < -0.3 is 15.2 Å². The Labute approximate surface area is 207 Å². The van der Waals surface area contributed by atoms with Crippen molar-refractivity contribution in [1.82, 2.24) is 9.97 Å². The second-order valence-electron chi connectivity index (χ2n) is 9.60. The molecule has 0 amide bonds. The average molecular weight is 466 g/mol. The van der Waals surface area contributed by atoms with E-state index in [-0.39, 0.29) is 0 Å². The van der Waals surface area contributed by atoms with E-state index in [0.717, 1.165) is 28.6 Å². The number of hydrogen-bond donors (Lipinski definition) is 2. The fraction of sp³-hybridized carbons (Fsp3) is 0.267. The zero-order chi connectivity index (χ0) is 24.9. The molecule has 0 fully saturated rings. The van der Waals surface area contributed by atoms with Gasteiger partial charge in [0.2, 0.25) is 0 Å². The Morgan fingerprint density at radius 2 is 1.63 bits per heavy atom. The monoisotopic (exact) mass is 465 g/mol. The molecular weight excluding hydrogens is 434 g/mol. The molecule has 1 heterocycles. The summed E-state index contributed by atoms with van der Waals surface area (Å²) in [6.07, 6.45) is 2.84. The van der Waals surface area contributed by atoms with Gasteiger partial charge in [0.1, 0.15) is 17.7 Å². The minimum atomic E-state index is -1.18. The third kappa shape index (κ3) is 6.66. The third-order valence-electron chi connectivity index (χ3n) is 5.90. The van der Waals surface area contributed by atoms with Crippen LogP contribution in [0.5, 0.6) is 0 Å². The first kappa shape index (κ1) is 24.4. The Kier molecular flexibility index (Phi) is 7.16. The van der Waals surface area contributed by atoms with Gasteiger partial charge in [-0.1, -0.05) is 54.3 Å². The van der Waals surface area contributed by atoms with Gasteiger partial charge in [-0.2, -0.15) is 0 Å². The smallest absolute Gasteiger partial charge is 0.141 e. The first-order chi connectivity index (χ1) is 16.7.